The number of esters is 1. The van der Waals surface area contributed by atoms with Crippen LogP contribution >= 0.6 is 0 Å². The summed E-state index contributed by atoms with van der Waals surface area (Å²) < 4.78 is 9.94. The van der Waals surface area contributed by atoms with E-state index in [1.807, 2.05) is 30.3 Å². The summed E-state index contributed by atoms with van der Waals surface area (Å²) in [6, 6.07) is 16.8. The van der Waals surface area contributed by atoms with Crippen molar-refractivity contribution in [3.05, 3.63) is 71.8 Å². The van der Waals surface area contributed by atoms with E-state index in [0.717, 1.165) is 5.56 Å². The van der Waals surface area contributed by atoms with Crippen LogP contribution in [0.1, 0.15) is 22.8 Å². The van der Waals surface area contributed by atoms with E-state index in [9.17, 15) is 14.4 Å². The van der Waals surface area contributed by atoms with Crippen LogP contribution in [-0.4, -0.2) is 30.5 Å². The van der Waals surface area contributed by atoms with Crippen LogP contribution in [0, 0.1) is 0 Å². The summed E-state index contributed by atoms with van der Waals surface area (Å²) in [4.78, 5) is 35.4. The van der Waals surface area contributed by atoms with Gasteiger partial charge in [-0.15, -0.1) is 0 Å². The van der Waals surface area contributed by atoms with Gasteiger partial charge in [-0.2, -0.15) is 0 Å². The van der Waals surface area contributed by atoms with E-state index in [2.05, 4.69) is 5.32 Å². The molecule has 0 saturated carbocycles. The molecule has 0 aromatic heterocycles. The molecule has 0 saturated heterocycles. The molecule has 0 aliphatic heterocycles. The summed E-state index contributed by atoms with van der Waals surface area (Å²) in [5.74, 6) is -1.02. The number of alkyl carbamates (subject to hydrolysis) is 1. The predicted molar refractivity (Wildman–Crippen MR) is 91.0 cm³/mol. The van der Waals surface area contributed by atoms with E-state index >= 15 is 0 Å². The van der Waals surface area contributed by atoms with Crippen LogP contribution in [0.25, 0.3) is 0 Å². The number of Topliss-reactive ketones (excluding diaryl/α,β-unsaturated/α-hetero) is 1. The molecule has 0 heterocycles. The van der Waals surface area contributed by atoms with Crippen molar-refractivity contribution >= 4 is 17.8 Å². The van der Waals surface area contributed by atoms with Gasteiger partial charge in [-0.25, -0.2) is 9.59 Å². The van der Waals surface area contributed by atoms with Crippen molar-refractivity contribution in [2.45, 2.75) is 19.6 Å². The normalized spacial score (nSPS) is 11.2. The molecular formula is C19H19NO5. The van der Waals surface area contributed by atoms with Crippen molar-refractivity contribution in [2.24, 2.45) is 0 Å². The number of carbonyl (C=O) groups excluding carboxylic acids is 3. The number of ether oxygens (including phenoxy) is 2. The maximum Gasteiger partial charge on any atom is 0.408 e. The highest BCUT2D eigenvalue weighted by atomic mass is 16.6. The molecule has 1 N–H and O–H groups in total. The van der Waals surface area contributed by atoms with E-state index in [4.69, 9.17) is 9.47 Å². The van der Waals surface area contributed by atoms with Gasteiger partial charge in [0.1, 0.15) is 12.6 Å². The third-order valence-corrected chi connectivity index (χ3v) is 3.34. The number of nitrogens with one attached hydrogen (secondary N) is 1. The minimum atomic E-state index is -0.924. The molecule has 0 spiro atoms. The lowest BCUT2D eigenvalue weighted by Crippen LogP contribution is -2.40. The number of ketones is 1. The number of benzene rings is 2. The molecule has 6 nitrogen and oxygen atoms in total. The number of hydrogen-bond donors (Lipinski definition) is 1. The van der Waals surface area contributed by atoms with Crippen molar-refractivity contribution < 1.29 is 23.9 Å². The quantitative estimate of drug-likeness (QED) is 0.618. The third kappa shape index (κ3) is 6.10. The zero-order valence-corrected chi connectivity index (χ0v) is 13.8. The van der Waals surface area contributed by atoms with Crippen LogP contribution in [0.2, 0.25) is 0 Å². The Hall–Kier alpha value is -3.15. The summed E-state index contributed by atoms with van der Waals surface area (Å²) in [5.41, 5.74) is 1.29. The Balaban J connectivity index is 1.72. The average Bonchev–Trinajstić information content (AvgIpc) is 2.65. The fourth-order valence-corrected chi connectivity index (χ4v) is 1.97. The Morgan fingerprint density at radius 1 is 0.920 bits per heavy atom. The summed E-state index contributed by atoms with van der Waals surface area (Å²) >= 11 is 0. The van der Waals surface area contributed by atoms with Gasteiger partial charge in [0.25, 0.3) is 0 Å². The van der Waals surface area contributed by atoms with Crippen LogP contribution in [0.4, 0.5) is 4.79 Å². The third-order valence-electron chi connectivity index (χ3n) is 3.34. The van der Waals surface area contributed by atoms with Crippen molar-refractivity contribution in [1.82, 2.24) is 5.32 Å². The van der Waals surface area contributed by atoms with Gasteiger partial charge in [0.05, 0.1) is 0 Å². The second kappa shape index (κ2) is 9.22. The largest absolute Gasteiger partial charge is 0.456 e. The van der Waals surface area contributed by atoms with E-state index < -0.39 is 18.1 Å². The van der Waals surface area contributed by atoms with Gasteiger partial charge < -0.3 is 14.8 Å². The highest BCUT2D eigenvalue weighted by Crippen LogP contribution is 2.02. The number of amides is 1. The standard InChI is InChI=1S/C19H19NO5/c1-14(20-19(23)25-12-15-8-4-2-5-9-15)18(22)24-13-17(21)16-10-6-3-7-11-16/h2-11,14H,12-13H2,1H3,(H,20,23). The van der Waals surface area contributed by atoms with Crippen LogP contribution in [0.15, 0.2) is 60.7 Å². The first-order chi connectivity index (χ1) is 12.1. The second-order valence-corrected chi connectivity index (χ2v) is 5.32. The molecule has 1 atom stereocenters. The van der Waals surface area contributed by atoms with Gasteiger partial charge in [0.15, 0.2) is 12.4 Å². The molecule has 25 heavy (non-hydrogen) atoms. The first kappa shape index (κ1) is 18.2. The Morgan fingerprint density at radius 3 is 2.16 bits per heavy atom. The first-order valence-corrected chi connectivity index (χ1v) is 7.78. The predicted octanol–water partition coefficient (Wildman–Crippen LogP) is 2.73. The topological polar surface area (TPSA) is 81.7 Å². The fourth-order valence-electron chi connectivity index (χ4n) is 1.97. The zero-order chi connectivity index (χ0) is 18.1. The van der Waals surface area contributed by atoms with Crippen LogP contribution in [-0.2, 0) is 20.9 Å². The Morgan fingerprint density at radius 2 is 1.52 bits per heavy atom. The minimum absolute atomic E-state index is 0.0981. The van der Waals surface area contributed by atoms with Crippen molar-refractivity contribution in [1.29, 1.82) is 0 Å². The fraction of sp³-hybridized carbons (Fsp3) is 0.211. The summed E-state index contributed by atoms with van der Waals surface area (Å²) in [7, 11) is 0. The highest BCUT2D eigenvalue weighted by molar-refractivity contribution is 5.98. The Labute approximate surface area is 145 Å². The van der Waals surface area contributed by atoms with E-state index in [1.165, 1.54) is 6.92 Å². The molecule has 1 unspecified atom stereocenters. The summed E-state index contributed by atoms with van der Waals surface area (Å²) in [5, 5.41) is 2.37. The maximum absolute atomic E-state index is 11.9. The zero-order valence-electron chi connectivity index (χ0n) is 13.8. The smallest absolute Gasteiger partial charge is 0.408 e. The van der Waals surface area contributed by atoms with Gasteiger partial charge in [-0.3, -0.25) is 4.79 Å². The highest BCUT2D eigenvalue weighted by Gasteiger charge is 2.19. The van der Waals surface area contributed by atoms with E-state index in [1.54, 1.807) is 30.3 Å². The number of hydrogen-bond acceptors (Lipinski definition) is 5. The lowest BCUT2D eigenvalue weighted by Gasteiger charge is -2.13. The Kier molecular flexibility index (Phi) is 6.71. The van der Waals surface area contributed by atoms with Crippen LogP contribution in [0.5, 0.6) is 0 Å². The molecule has 2 aromatic rings. The average molecular weight is 341 g/mol. The minimum Gasteiger partial charge on any atom is -0.456 e. The Bertz CT molecular complexity index is 715. The molecule has 1 amide bonds. The molecule has 6 heteroatoms. The SMILES string of the molecule is CC(NC(=O)OCc1ccccc1)C(=O)OCC(=O)c1ccccc1. The van der Waals surface area contributed by atoms with Gasteiger partial charge in [-0.05, 0) is 12.5 Å². The molecule has 2 aromatic carbocycles. The molecule has 0 bridgehead atoms. The van der Waals surface area contributed by atoms with E-state index in [0.29, 0.717) is 5.56 Å². The summed E-state index contributed by atoms with van der Waals surface area (Å²) in [6.07, 6.45) is -0.734. The molecule has 2 rings (SSSR count). The van der Waals surface area contributed by atoms with Crippen molar-refractivity contribution in [3.63, 3.8) is 0 Å². The molecule has 0 aliphatic rings. The lowest BCUT2D eigenvalue weighted by molar-refractivity contribution is -0.144. The number of carbonyl (C=O) groups is 3. The summed E-state index contributed by atoms with van der Waals surface area (Å²) in [6.45, 7) is 1.17. The number of rotatable bonds is 7. The maximum atomic E-state index is 11.9. The molecule has 0 aliphatic carbocycles. The molecule has 0 fully saturated rings. The molecular weight excluding hydrogens is 322 g/mol. The van der Waals surface area contributed by atoms with Crippen molar-refractivity contribution in [2.75, 3.05) is 6.61 Å². The monoisotopic (exact) mass is 341 g/mol. The second-order valence-electron chi connectivity index (χ2n) is 5.32. The molecule has 130 valence electrons. The van der Waals surface area contributed by atoms with Crippen LogP contribution < -0.4 is 5.32 Å². The van der Waals surface area contributed by atoms with Gasteiger partial charge in [0, 0.05) is 5.56 Å². The first-order valence-electron chi connectivity index (χ1n) is 7.78. The molecule has 0 radical (unpaired) electrons. The van der Waals surface area contributed by atoms with Gasteiger partial charge in [0.2, 0.25) is 0 Å². The van der Waals surface area contributed by atoms with Gasteiger partial charge in [-0.1, -0.05) is 60.7 Å². The lowest BCUT2D eigenvalue weighted by atomic mass is 10.1. The van der Waals surface area contributed by atoms with E-state index in [-0.39, 0.29) is 19.0 Å². The van der Waals surface area contributed by atoms with Crippen LogP contribution in [0.3, 0.4) is 0 Å². The van der Waals surface area contributed by atoms with Gasteiger partial charge >= 0.3 is 12.1 Å². The van der Waals surface area contributed by atoms with Crippen molar-refractivity contribution in [3.8, 4) is 0 Å².